The number of rotatable bonds is 7. The van der Waals surface area contributed by atoms with E-state index in [0.717, 1.165) is 25.7 Å². The third-order valence-electron chi connectivity index (χ3n) is 6.30. The molecule has 0 bridgehead atoms. The summed E-state index contributed by atoms with van der Waals surface area (Å²) in [6.07, 6.45) is 4.74. The van der Waals surface area contributed by atoms with E-state index in [1.807, 2.05) is 6.92 Å². The zero-order valence-corrected chi connectivity index (χ0v) is 22.1. The van der Waals surface area contributed by atoms with Crippen LogP contribution in [-0.2, 0) is 14.8 Å². The molecule has 1 saturated carbocycles. The summed E-state index contributed by atoms with van der Waals surface area (Å²) >= 11 is 1.43. The van der Waals surface area contributed by atoms with Gasteiger partial charge in [-0.05, 0) is 36.0 Å². The maximum atomic E-state index is 13.8. The lowest BCUT2D eigenvalue weighted by molar-refractivity contribution is -0.134. The van der Waals surface area contributed by atoms with Gasteiger partial charge in [0.25, 0.3) is 0 Å². The molecule has 1 aliphatic carbocycles. The number of likely N-dealkylation sites (N-methyl/N-ethyl adjacent to an activating group) is 1. The normalized spacial score (nSPS) is 21.9. The second-order valence-corrected chi connectivity index (χ2v) is 13.4. The summed E-state index contributed by atoms with van der Waals surface area (Å²) in [5.74, 6) is -2.12. The molecule has 0 saturated heterocycles. The summed E-state index contributed by atoms with van der Waals surface area (Å²) in [6, 6.07) is 3.05. The fourth-order valence-electron chi connectivity index (χ4n) is 4.79. The van der Waals surface area contributed by atoms with Crippen LogP contribution in [0.15, 0.2) is 34.0 Å². The van der Waals surface area contributed by atoms with Gasteiger partial charge in [-0.3, -0.25) is 0 Å². The Balaban J connectivity index is 2.18. The minimum Gasteiger partial charge on any atom is -0.476 e. The van der Waals surface area contributed by atoms with Crippen molar-refractivity contribution in [3.8, 4) is 5.75 Å². The summed E-state index contributed by atoms with van der Waals surface area (Å²) < 4.78 is 48.1. The van der Waals surface area contributed by atoms with Gasteiger partial charge in [0.05, 0.1) is 10.6 Å². The molecule has 190 valence electrons. The Labute approximate surface area is 206 Å². The number of nitrogens with zero attached hydrogens (tertiary/aromatic N) is 2. The van der Waals surface area contributed by atoms with Gasteiger partial charge in [0.1, 0.15) is 16.9 Å². The van der Waals surface area contributed by atoms with Crippen LogP contribution in [0.1, 0.15) is 53.4 Å². The van der Waals surface area contributed by atoms with Gasteiger partial charge in [0.2, 0.25) is 15.9 Å². The monoisotopic (exact) mass is 514 g/mol. The zero-order valence-electron chi connectivity index (χ0n) is 20.5. The van der Waals surface area contributed by atoms with Crippen molar-refractivity contribution in [1.29, 1.82) is 0 Å². The predicted octanol–water partition coefficient (Wildman–Crippen LogP) is 5.12. The second-order valence-electron chi connectivity index (χ2n) is 10.2. The summed E-state index contributed by atoms with van der Waals surface area (Å²) in [7, 11) is -2.23. The van der Waals surface area contributed by atoms with Crippen molar-refractivity contribution in [3.63, 3.8) is 0 Å². The van der Waals surface area contributed by atoms with Crippen molar-refractivity contribution in [2.75, 3.05) is 30.8 Å². The maximum Gasteiger partial charge on any atom is 0.368 e. The number of benzene rings is 1. The molecule has 34 heavy (non-hydrogen) atoms. The highest BCUT2D eigenvalue weighted by atomic mass is 32.2. The van der Waals surface area contributed by atoms with Gasteiger partial charge in [-0.1, -0.05) is 40.5 Å². The number of carboxylic acids is 1. The molecule has 2 aliphatic rings. The van der Waals surface area contributed by atoms with Crippen LogP contribution >= 0.6 is 11.8 Å². The number of carbonyl (C=O) groups is 1. The Morgan fingerprint density at radius 1 is 1.29 bits per heavy atom. The van der Waals surface area contributed by atoms with Gasteiger partial charge < -0.3 is 14.7 Å². The van der Waals surface area contributed by atoms with E-state index in [-0.39, 0.29) is 22.1 Å². The van der Waals surface area contributed by atoms with Crippen LogP contribution in [0.25, 0.3) is 0 Å². The van der Waals surface area contributed by atoms with Crippen molar-refractivity contribution in [1.82, 2.24) is 4.31 Å². The lowest BCUT2D eigenvalue weighted by Crippen LogP contribution is -2.47. The van der Waals surface area contributed by atoms with Crippen LogP contribution < -0.4 is 9.64 Å². The van der Waals surface area contributed by atoms with Crippen molar-refractivity contribution in [2.24, 2.45) is 11.3 Å². The number of sulfonamides is 1. The summed E-state index contributed by atoms with van der Waals surface area (Å²) in [5, 5.41) is 8.82. The molecule has 3 rings (SSSR count). The highest BCUT2D eigenvalue weighted by Gasteiger charge is 2.42. The van der Waals surface area contributed by atoms with Crippen molar-refractivity contribution < 1.29 is 27.4 Å². The van der Waals surface area contributed by atoms with E-state index < -0.39 is 21.8 Å². The molecule has 1 fully saturated rings. The molecule has 7 nitrogen and oxygen atoms in total. The first-order valence-corrected chi connectivity index (χ1v) is 14.1. The molecule has 1 atom stereocenters. The molecule has 1 N–H and O–H groups in total. The summed E-state index contributed by atoms with van der Waals surface area (Å²) in [5.41, 5.74) is 0.526. The molecule has 0 unspecified atom stereocenters. The minimum absolute atomic E-state index is 0.0786. The molecule has 10 heteroatoms. The molecular formula is C24H35FN2O5S2. The molecule has 1 aromatic rings. The van der Waals surface area contributed by atoms with Crippen LogP contribution in [0.5, 0.6) is 5.75 Å². The number of hydrogen-bond donors (Lipinski definition) is 1. The molecule has 1 aromatic carbocycles. The van der Waals surface area contributed by atoms with Crippen molar-refractivity contribution >= 4 is 33.4 Å². The van der Waals surface area contributed by atoms with Gasteiger partial charge in [-0.25, -0.2) is 13.2 Å². The van der Waals surface area contributed by atoms with E-state index in [1.54, 1.807) is 13.1 Å². The van der Waals surface area contributed by atoms with Gasteiger partial charge in [0, 0.05) is 32.2 Å². The van der Waals surface area contributed by atoms with E-state index in [9.17, 15) is 17.6 Å². The fourth-order valence-corrected chi connectivity index (χ4v) is 7.16. The number of carboxylic acid groups (broad SMARTS) is 1. The third kappa shape index (κ3) is 5.88. The van der Waals surface area contributed by atoms with Crippen LogP contribution in [0.3, 0.4) is 0 Å². The molecule has 0 amide bonds. The van der Waals surface area contributed by atoms with Crippen LogP contribution in [0.4, 0.5) is 10.1 Å². The first-order chi connectivity index (χ1) is 15.8. The Morgan fingerprint density at radius 3 is 2.50 bits per heavy atom. The van der Waals surface area contributed by atoms with E-state index in [1.165, 1.54) is 22.1 Å². The van der Waals surface area contributed by atoms with E-state index in [0.29, 0.717) is 41.6 Å². The molecule has 0 radical (unpaired) electrons. The SMILES string of the molecule is CCSc1cc2c(cc1O/C=C(\F)C(=O)O)S(=O)(=O)N(C)[C@H](C1CCCC1)CN2CC(C)(C)C. The van der Waals surface area contributed by atoms with Gasteiger partial charge >= 0.3 is 5.97 Å². The summed E-state index contributed by atoms with van der Waals surface area (Å²) in [4.78, 5) is 13.7. The smallest absolute Gasteiger partial charge is 0.368 e. The number of hydrogen-bond acceptors (Lipinski definition) is 6. The zero-order chi connectivity index (χ0) is 25.3. The predicted molar refractivity (Wildman–Crippen MR) is 133 cm³/mol. The minimum atomic E-state index is -3.87. The van der Waals surface area contributed by atoms with Crippen LogP contribution in [-0.4, -0.2) is 55.7 Å². The van der Waals surface area contributed by atoms with Crippen molar-refractivity contribution in [3.05, 3.63) is 24.2 Å². The fraction of sp³-hybridized carbons (Fsp3) is 0.625. The molecule has 0 aromatic heterocycles. The lowest BCUT2D eigenvalue weighted by Gasteiger charge is -2.36. The Morgan fingerprint density at radius 2 is 1.94 bits per heavy atom. The topological polar surface area (TPSA) is 87.1 Å². The average Bonchev–Trinajstić information content (AvgIpc) is 3.26. The number of ether oxygens (including phenoxy) is 1. The molecule has 1 aliphatic heterocycles. The van der Waals surface area contributed by atoms with E-state index in [2.05, 4.69) is 25.7 Å². The van der Waals surface area contributed by atoms with Crippen molar-refractivity contribution in [2.45, 2.75) is 69.2 Å². The number of aliphatic carboxylic acids is 1. The maximum absolute atomic E-state index is 13.8. The first kappa shape index (κ1) is 26.8. The average molecular weight is 515 g/mol. The second kappa shape index (κ2) is 10.5. The number of fused-ring (bicyclic) bond motifs is 1. The molecule has 1 heterocycles. The van der Waals surface area contributed by atoms with Crippen LogP contribution in [0, 0.1) is 11.3 Å². The van der Waals surface area contributed by atoms with E-state index >= 15 is 0 Å². The standard InChI is InChI=1S/C24H35FN2O5S2/c1-6-33-21-11-18-22(12-20(21)32-14-17(25)23(28)29)34(30,31)26(5)19(16-9-7-8-10-16)13-27(18)15-24(2,3)4/h11-12,14,16,19H,6-10,13,15H2,1-5H3,(H,28,29)/b17-14-/t19-/m0/s1. The Hall–Kier alpha value is -1.78. The first-order valence-electron chi connectivity index (χ1n) is 11.6. The lowest BCUT2D eigenvalue weighted by atomic mass is 9.93. The quantitative estimate of drug-likeness (QED) is 0.307. The Kier molecular flexibility index (Phi) is 8.25. The number of thioether (sulfide) groups is 1. The highest BCUT2D eigenvalue weighted by Crippen LogP contribution is 2.44. The summed E-state index contributed by atoms with van der Waals surface area (Å²) in [6.45, 7) is 9.57. The largest absolute Gasteiger partial charge is 0.476 e. The molecular weight excluding hydrogens is 479 g/mol. The third-order valence-corrected chi connectivity index (χ3v) is 9.13. The number of anilines is 1. The highest BCUT2D eigenvalue weighted by molar-refractivity contribution is 7.99. The number of halogens is 1. The van der Waals surface area contributed by atoms with Crippen LogP contribution in [0.2, 0.25) is 0 Å². The van der Waals surface area contributed by atoms with Gasteiger partial charge in [-0.2, -0.15) is 8.70 Å². The van der Waals surface area contributed by atoms with Gasteiger partial charge in [0.15, 0.2) is 0 Å². The Bertz CT molecular complexity index is 1050. The van der Waals surface area contributed by atoms with Gasteiger partial charge in [-0.15, -0.1) is 11.8 Å². The molecule has 0 spiro atoms. The van der Waals surface area contributed by atoms with E-state index in [4.69, 9.17) is 9.84 Å².